The first kappa shape index (κ1) is 55.8. The van der Waals surface area contributed by atoms with Crippen molar-refractivity contribution in [3.05, 3.63) is 29.8 Å². The maximum atomic E-state index is 12.0. The van der Waals surface area contributed by atoms with E-state index in [4.69, 9.17) is 37.7 Å². The smallest absolute Gasteiger partial charge is 0.296 e. The number of unbranched alkanes of at least 4 members (excludes halogenated alkanes) is 8. The molecule has 0 unspecified atom stereocenters. The maximum absolute atomic E-state index is 12.0. The van der Waals surface area contributed by atoms with E-state index in [1.165, 1.54) is 69.9 Å². The molecule has 3 aliphatic heterocycles. The summed E-state index contributed by atoms with van der Waals surface area (Å²) in [6.07, 6.45) is 16.3. The highest BCUT2D eigenvalue weighted by molar-refractivity contribution is 7.86. The first-order valence-corrected chi connectivity index (χ1v) is 22.8. The van der Waals surface area contributed by atoms with Gasteiger partial charge in [-0.2, -0.15) is 8.42 Å². The average molecular weight is 837 g/mol. The summed E-state index contributed by atoms with van der Waals surface area (Å²) < 4.78 is 60.9. The molecule has 12 nitrogen and oxygen atoms in total. The normalized spacial score (nSPS) is 20.5. The van der Waals surface area contributed by atoms with Crippen molar-refractivity contribution in [3.63, 3.8) is 0 Å². The fourth-order valence-electron chi connectivity index (χ4n) is 5.97. The van der Waals surface area contributed by atoms with Crippen molar-refractivity contribution in [3.8, 4) is 0 Å². The Kier molecular flexibility index (Phi) is 31.8. The van der Waals surface area contributed by atoms with Crippen LogP contribution >= 0.6 is 0 Å². The van der Waals surface area contributed by atoms with Crippen LogP contribution in [0.25, 0.3) is 0 Å². The monoisotopic (exact) mass is 837 g/mol. The van der Waals surface area contributed by atoms with Crippen LogP contribution in [0.3, 0.4) is 0 Å². The molecular formula is C44H84O12S. The Morgan fingerprint density at radius 3 is 1.60 bits per heavy atom. The molecule has 1 aromatic carbocycles. The van der Waals surface area contributed by atoms with E-state index in [2.05, 4.69) is 13.8 Å². The first-order chi connectivity index (χ1) is 26.6. The minimum atomic E-state index is -3.72. The number of hydrogen-bond donors (Lipinski definition) is 3. The Hall–Kier alpha value is -1.23. The third-order valence-electron chi connectivity index (χ3n) is 9.35. The van der Waals surface area contributed by atoms with Crippen molar-refractivity contribution in [2.24, 2.45) is 0 Å². The molecule has 0 saturated carbocycles. The summed E-state index contributed by atoms with van der Waals surface area (Å²) in [5.41, 5.74) is 0.998. The predicted molar refractivity (Wildman–Crippen MR) is 227 cm³/mol. The highest BCUT2D eigenvalue weighted by atomic mass is 32.2. The number of aliphatic hydroxyl groups is 3. The minimum Gasteiger partial charge on any atom is -0.394 e. The van der Waals surface area contributed by atoms with Crippen LogP contribution < -0.4 is 0 Å². The Morgan fingerprint density at radius 1 is 0.719 bits per heavy atom. The van der Waals surface area contributed by atoms with Crippen molar-refractivity contribution in [2.75, 3.05) is 52.9 Å². The molecule has 13 heteroatoms. The lowest BCUT2D eigenvalue weighted by Crippen LogP contribution is -2.24. The molecule has 57 heavy (non-hydrogen) atoms. The highest BCUT2D eigenvalue weighted by Gasteiger charge is 2.33. The summed E-state index contributed by atoms with van der Waals surface area (Å²) in [5.74, 6) is -0.973. The van der Waals surface area contributed by atoms with Crippen molar-refractivity contribution in [2.45, 2.75) is 200 Å². The van der Waals surface area contributed by atoms with E-state index in [1.807, 2.05) is 34.6 Å². The third kappa shape index (κ3) is 29.6. The third-order valence-corrected chi connectivity index (χ3v) is 10.7. The van der Waals surface area contributed by atoms with E-state index in [-0.39, 0.29) is 43.8 Å². The van der Waals surface area contributed by atoms with Gasteiger partial charge in [-0.05, 0) is 85.3 Å². The molecule has 3 N–H and O–H groups in total. The SMILES string of the molecule is C.C1CCOC1.CC1(C)OC[C@@H](CO)O1.CCCCCCC[C@@H](O)CCOC[C@@H]1COC(C)(C)O1.CCCCCCC[C@@H](O)CCOS(=O)(=O)c1ccc(C)cc1. The molecule has 4 atom stereocenters. The first-order valence-electron chi connectivity index (χ1n) is 21.3. The topological polar surface area (TPSA) is 159 Å². The van der Waals surface area contributed by atoms with Crippen LogP contribution in [-0.4, -0.2) is 113 Å². The number of ether oxygens (including phenoxy) is 6. The van der Waals surface area contributed by atoms with Crippen LogP contribution in [0.2, 0.25) is 0 Å². The summed E-state index contributed by atoms with van der Waals surface area (Å²) in [4.78, 5) is 0.159. The van der Waals surface area contributed by atoms with Crippen LogP contribution in [0.4, 0.5) is 0 Å². The van der Waals surface area contributed by atoms with Crippen molar-refractivity contribution < 1.29 is 56.3 Å². The van der Waals surface area contributed by atoms with Gasteiger partial charge in [0.05, 0.1) is 50.1 Å². The fourth-order valence-corrected chi connectivity index (χ4v) is 6.89. The van der Waals surface area contributed by atoms with E-state index < -0.39 is 27.8 Å². The van der Waals surface area contributed by atoms with Crippen LogP contribution in [0, 0.1) is 6.92 Å². The standard InChI is InChI=1S/C17H28O4S.C16H32O4.C6H12O3.C4H8O.CH4/c1-3-4-5-6-7-8-16(18)13-14-21-22(19,20)17-11-9-15(2)10-12-17;1-4-5-6-7-8-9-14(17)10-11-18-12-15-13-19-16(2,3)20-15;1-6(2)8-4-5(3-7)9-6;1-2-4-5-3-1;/h9-12,16,18H,3-8,13-14H2,1-2H3;14-15,17H,4-13H2,1-3H3;5,7H,3-4H2,1-2H3;1-4H2;1H4/t16-;14-,15-;5-;;/m111../s1. The Balaban J connectivity index is 0.000000814. The van der Waals surface area contributed by atoms with Gasteiger partial charge in [0, 0.05) is 19.8 Å². The molecule has 0 spiro atoms. The largest absolute Gasteiger partial charge is 0.394 e. The van der Waals surface area contributed by atoms with Crippen LogP contribution in [0.15, 0.2) is 29.2 Å². The van der Waals surface area contributed by atoms with E-state index >= 15 is 0 Å². The predicted octanol–water partition coefficient (Wildman–Crippen LogP) is 8.64. The van der Waals surface area contributed by atoms with Crippen LogP contribution in [0.5, 0.6) is 0 Å². The zero-order chi connectivity index (χ0) is 41.7. The number of aryl methyl sites for hydroxylation is 1. The molecule has 4 rings (SSSR count). The molecule has 0 amide bonds. The molecule has 338 valence electrons. The van der Waals surface area contributed by atoms with Crippen LogP contribution in [0.1, 0.15) is 157 Å². The lowest BCUT2D eigenvalue weighted by atomic mass is 10.1. The van der Waals surface area contributed by atoms with Gasteiger partial charge in [0.1, 0.15) is 12.2 Å². The second-order valence-electron chi connectivity index (χ2n) is 15.9. The Morgan fingerprint density at radius 2 is 1.19 bits per heavy atom. The second kappa shape index (κ2) is 32.5. The highest BCUT2D eigenvalue weighted by Crippen LogP contribution is 2.23. The average Bonchev–Trinajstić information content (AvgIpc) is 3.93. The molecular weight excluding hydrogens is 753 g/mol. The second-order valence-corrected chi connectivity index (χ2v) is 17.5. The molecule has 1 aromatic rings. The van der Waals surface area contributed by atoms with E-state index in [9.17, 15) is 18.6 Å². The van der Waals surface area contributed by atoms with E-state index in [1.54, 1.807) is 12.1 Å². The fraction of sp³-hybridized carbons (Fsp3) is 0.864. The molecule has 0 aliphatic carbocycles. The number of hydrogen-bond acceptors (Lipinski definition) is 12. The van der Waals surface area contributed by atoms with E-state index in [0.717, 1.165) is 44.5 Å². The molecule has 3 heterocycles. The number of rotatable bonds is 23. The zero-order valence-corrected chi connectivity index (χ0v) is 36.8. The van der Waals surface area contributed by atoms with Crippen LogP contribution in [-0.2, 0) is 42.7 Å². The summed E-state index contributed by atoms with van der Waals surface area (Å²) in [6, 6.07) is 6.55. The van der Waals surface area contributed by atoms with Crippen molar-refractivity contribution in [1.82, 2.24) is 0 Å². The molecule has 3 saturated heterocycles. The van der Waals surface area contributed by atoms with Gasteiger partial charge in [0.2, 0.25) is 0 Å². The maximum Gasteiger partial charge on any atom is 0.296 e. The summed E-state index contributed by atoms with van der Waals surface area (Å²) in [7, 11) is -3.72. The quantitative estimate of drug-likeness (QED) is 0.0713. The number of aliphatic hydroxyl groups excluding tert-OH is 3. The molecule has 0 bridgehead atoms. The minimum absolute atomic E-state index is 0. The molecule has 0 aromatic heterocycles. The zero-order valence-electron chi connectivity index (χ0n) is 36.0. The van der Waals surface area contributed by atoms with Gasteiger partial charge in [-0.3, -0.25) is 4.18 Å². The van der Waals surface area contributed by atoms with Crippen molar-refractivity contribution >= 4 is 10.1 Å². The summed E-state index contributed by atoms with van der Waals surface area (Å²) in [5, 5.41) is 28.3. The summed E-state index contributed by atoms with van der Waals surface area (Å²) >= 11 is 0. The lowest BCUT2D eigenvalue weighted by molar-refractivity contribution is -0.145. The lowest BCUT2D eigenvalue weighted by Gasteiger charge is -2.17. The molecule has 3 fully saturated rings. The number of benzene rings is 1. The Labute approximate surface area is 347 Å². The van der Waals surface area contributed by atoms with Crippen molar-refractivity contribution in [1.29, 1.82) is 0 Å². The van der Waals surface area contributed by atoms with Gasteiger partial charge < -0.3 is 43.7 Å². The van der Waals surface area contributed by atoms with Gasteiger partial charge in [-0.15, -0.1) is 0 Å². The molecule has 0 radical (unpaired) electrons. The van der Waals surface area contributed by atoms with E-state index in [0.29, 0.717) is 45.7 Å². The van der Waals surface area contributed by atoms with Gasteiger partial charge >= 0.3 is 0 Å². The van der Waals surface area contributed by atoms with Gasteiger partial charge in [0.25, 0.3) is 10.1 Å². The van der Waals surface area contributed by atoms with Gasteiger partial charge in [-0.25, -0.2) is 0 Å². The Bertz CT molecular complexity index is 1170. The summed E-state index contributed by atoms with van der Waals surface area (Å²) in [6.45, 7) is 18.1. The molecule has 3 aliphatic rings. The van der Waals surface area contributed by atoms with Gasteiger partial charge in [0.15, 0.2) is 11.6 Å². The van der Waals surface area contributed by atoms with Gasteiger partial charge in [-0.1, -0.05) is 103 Å².